The van der Waals surface area contributed by atoms with Crippen LogP contribution >= 0.6 is 0 Å². The number of nitrogens with two attached hydrogens (primary N) is 1. The molecule has 8 heteroatoms. The van der Waals surface area contributed by atoms with E-state index < -0.39 is 29.9 Å². The summed E-state index contributed by atoms with van der Waals surface area (Å²) in [4.78, 5) is 41.6. The molecule has 3 amide bonds. The Bertz CT molecular complexity index is 887. The summed E-state index contributed by atoms with van der Waals surface area (Å²) in [5, 5.41) is 12.3. The van der Waals surface area contributed by atoms with Crippen molar-refractivity contribution in [3.8, 4) is 0 Å². The number of rotatable bonds is 6. The Morgan fingerprint density at radius 2 is 2.00 bits per heavy atom. The topological polar surface area (TPSA) is 126 Å². The molecule has 0 spiro atoms. The van der Waals surface area contributed by atoms with Crippen LogP contribution < -0.4 is 11.1 Å². The highest BCUT2D eigenvalue weighted by molar-refractivity contribution is 6.07. The molecule has 0 aliphatic carbocycles. The second-order valence-electron chi connectivity index (χ2n) is 6.71. The zero-order chi connectivity index (χ0) is 20.3. The molecule has 1 aliphatic rings. The minimum atomic E-state index is -1.21. The monoisotopic (exact) mass is 382 g/mol. The molecule has 2 heterocycles. The Kier molecular flexibility index (Phi) is 5.58. The highest BCUT2D eigenvalue weighted by atomic mass is 16.4. The number of hydrogen-bond acceptors (Lipinski definition) is 5. The van der Waals surface area contributed by atoms with E-state index in [1.807, 2.05) is 37.3 Å². The number of benzene rings is 1. The number of carbonyl (C=O) groups excluding carboxylic acids is 2. The van der Waals surface area contributed by atoms with Crippen molar-refractivity contribution >= 4 is 23.7 Å². The fraction of sp³-hybridized carbons (Fsp3) is 0.300. The molecule has 1 aliphatic heterocycles. The summed E-state index contributed by atoms with van der Waals surface area (Å²) in [5.74, 6) is -2.25. The third-order valence-corrected chi connectivity index (χ3v) is 4.89. The lowest BCUT2D eigenvalue weighted by Gasteiger charge is -2.43. The third-order valence-electron chi connectivity index (χ3n) is 4.89. The van der Waals surface area contributed by atoms with Gasteiger partial charge in [-0.2, -0.15) is 0 Å². The molecule has 0 saturated carbocycles. The van der Waals surface area contributed by atoms with Gasteiger partial charge in [0.15, 0.2) is 6.04 Å². The number of pyridine rings is 1. The van der Waals surface area contributed by atoms with Gasteiger partial charge in [-0.25, -0.2) is 19.5 Å². The van der Waals surface area contributed by atoms with Crippen molar-refractivity contribution in [3.63, 3.8) is 0 Å². The molecule has 0 bridgehead atoms. The number of likely N-dealkylation sites (tertiary alicyclic amines) is 1. The van der Waals surface area contributed by atoms with Crippen LogP contribution in [0.25, 0.3) is 0 Å². The summed E-state index contributed by atoms with van der Waals surface area (Å²) in [6.07, 6.45) is 2.29. The summed E-state index contributed by atoms with van der Waals surface area (Å²) in [6, 6.07) is 10.4. The van der Waals surface area contributed by atoms with Gasteiger partial charge in [0.05, 0.1) is 12.0 Å². The first-order chi connectivity index (χ1) is 13.4. The molecule has 3 rings (SSSR count). The molecular weight excluding hydrogens is 360 g/mol. The van der Waals surface area contributed by atoms with Crippen LogP contribution in [0.4, 0.5) is 10.6 Å². The van der Waals surface area contributed by atoms with Crippen LogP contribution in [0.1, 0.15) is 30.5 Å². The number of hydrogen-bond donors (Lipinski definition) is 3. The fourth-order valence-corrected chi connectivity index (χ4v) is 3.46. The number of aromatic nitrogens is 1. The van der Waals surface area contributed by atoms with E-state index in [0.29, 0.717) is 17.8 Å². The number of nitrogen functional groups attached to an aromatic ring is 1. The van der Waals surface area contributed by atoms with E-state index in [9.17, 15) is 19.5 Å². The van der Waals surface area contributed by atoms with Crippen LogP contribution in [-0.4, -0.2) is 38.9 Å². The highest BCUT2D eigenvalue weighted by Gasteiger charge is 2.54. The minimum Gasteiger partial charge on any atom is -0.480 e. The number of aliphatic carboxylic acids is 1. The first kappa shape index (κ1) is 19.3. The maximum atomic E-state index is 12.6. The molecule has 1 aromatic heterocycles. The van der Waals surface area contributed by atoms with Crippen molar-refractivity contribution in [2.75, 3.05) is 5.73 Å². The standard InChI is InChI=1S/C20H22N4O4/c1-2-15(13-6-4-3-5-7-13)23-20(28)24-17(19(26)27)14(18(24)25)10-12-8-9-22-16(21)11-12/h3-9,11,14-15,17H,2,10H2,1H3,(H2,21,22)(H,23,28)(H,26,27). The first-order valence-corrected chi connectivity index (χ1v) is 9.04. The lowest BCUT2D eigenvalue weighted by molar-refractivity contribution is -0.165. The predicted molar refractivity (Wildman–Crippen MR) is 102 cm³/mol. The Hall–Kier alpha value is -3.42. The number of β-lactam (4-membered cyclic amide) rings is 1. The van der Waals surface area contributed by atoms with Gasteiger partial charge in [0.1, 0.15) is 5.82 Å². The summed E-state index contributed by atoms with van der Waals surface area (Å²) < 4.78 is 0. The largest absolute Gasteiger partial charge is 0.480 e. The van der Waals surface area contributed by atoms with E-state index in [2.05, 4.69) is 10.3 Å². The summed E-state index contributed by atoms with van der Waals surface area (Å²) in [6.45, 7) is 1.90. The molecule has 1 fully saturated rings. The number of carbonyl (C=O) groups is 3. The number of anilines is 1. The van der Waals surface area contributed by atoms with Gasteiger partial charge in [0, 0.05) is 6.20 Å². The zero-order valence-electron chi connectivity index (χ0n) is 15.4. The Morgan fingerprint density at radius 3 is 2.61 bits per heavy atom. The molecular formula is C20H22N4O4. The van der Waals surface area contributed by atoms with E-state index in [1.165, 1.54) is 6.20 Å². The number of nitrogens with zero attached hydrogens (tertiary/aromatic N) is 2. The second kappa shape index (κ2) is 8.08. The lowest BCUT2D eigenvalue weighted by atomic mass is 9.82. The van der Waals surface area contributed by atoms with Crippen molar-refractivity contribution < 1.29 is 19.5 Å². The van der Waals surface area contributed by atoms with E-state index >= 15 is 0 Å². The second-order valence-corrected chi connectivity index (χ2v) is 6.71. The maximum Gasteiger partial charge on any atom is 0.327 e. The summed E-state index contributed by atoms with van der Waals surface area (Å²) >= 11 is 0. The van der Waals surface area contributed by atoms with Gasteiger partial charge in [-0.3, -0.25) is 4.79 Å². The van der Waals surface area contributed by atoms with Crippen LogP contribution in [0.5, 0.6) is 0 Å². The maximum absolute atomic E-state index is 12.6. The number of urea groups is 1. The molecule has 4 N–H and O–H groups in total. The molecule has 8 nitrogen and oxygen atoms in total. The van der Waals surface area contributed by atoms with Crippen molar-refractivity contribution in [1.82, 2.24) is 15.2 Å². The SMILES string of the molecule is CCC(NC(=O)N1C(=O)C(Cc2ccnc(N)c2)C1C(=O)O)c1ccccc1. The number of nitrogens with one attached hydrogen (secondary N) is 1. The molecule has 1 saturated heterocycles. The zero-order valence-corrected chi connectivity index (χ0v) is 15.4. The number of amides is 3. The Labute approximate surface area is 162 Å². The summed E-state index contributed by atoms with van der Waals surface area (Å²) in [5.41, 5.74) is 7.23. The molecule has 0 radical (unpaired) electrons. The average molecular weight is 382 g/mol. The van der Waals surface area contributed by atoms with Crippen LogP contribution in [0.2, 0.25) is 0 Å². The fourth-order valence-electron chi connectivity index (χ4n) is 3.46. The van der Waals surface area contributed by atoms with Crippen molar-refractivity contribution in [3.05, 3.63) is 59.8 Å². The smallest absolute Gasteiger partial charge is 0.327 e. The normalized spacial score (nSPS) is 19.6. The van der Waals surface area contributed by atoms with Crippen LogP contribution in [0.3, 0.4) is 0 Å². The summed E-state index contributed by atoms with van der Waals surface area (Å²) in [7, 11) is 0. The molecule has 3 atom stereocenters. The van der Waals surface area contributed by atoms with Crippen molar-refractivity contribution in [1.29, 1.82) is 0 Å². The van der Waals surface area contributed by atoms with Gasteiger partial charge in [-0.05, 0) is 36.1 Å². The number of imide groups is 1. The Balaban J connectivity index is 1.73. The van der Waals surface area contributed by atoms with Crippen molar-refractivity contribution in [2.45, 2.75) is 31.8 Å². The quantitative estimate of drug-likeness (QED) is 0.656. The molecule has 1 aromatic carbocycles. The van der Waals surface area contributed by atoms with Gasteiger partial charge in [0.2, 0.25) is 5.91 Å². The molecule has 146 valence electrons. The number of carboxylic acid groups (broad SMARTS) is 1. The van der Waals surface area contributed by atoms with Gasteiger partial charge in [-0.1, -0.05) is 37.3 Å². The molecule has 28 heavy (non-hydrogen) atoms. The average Bonchev–Trinajstić information content (AvgIpc) is 2.68. The molecule has 2 aromatic rings. The molecule has 3 unspecified atom stereocenters. The third kappa shape index (κ3) is 3.80. The minimum absolute atomic E-state index is 0.183. The van der Waals surface area contributed by atoms with Crippen LogP contribution in [-0.2, 0) is 16.0 Å². The van der Waals surface area contributed by atoms with Gasteiger partial charge in [0.25, 0.3) is 0 Å². The van der Waals surface area contributed by atoms with E-state index in [-0.39, 0.29) is 12.5 Å². The predicted octanol–water partition coefficient (Wildman–Crippen LogP) is 1.98. The van der Waals surface area contributed by atoms with E-state index in [0.717, 1.165) is 10.5 Å². The van der Waals surface area contributed by atoms with Gasteiger partial charge >= 0.3 is 12.0 Å². The van der Waals surface area contributed by atoms with Crippen molar-refractivity contribution in [2.24, 2.45) is 5.92 Å². The van der Waals surface area contributed by atoms with Crippen LogP contribution in [0.15, 0.2) is 48.7 Å². The van der Waals surface area contributed by atoms with E-state index in [1.54, 1.807) is 12.1 Å². The highest BCUT2D eigenvalue weighted by Crippen LogP contribution is 2.31. The Morgan fingerprint density at radius 1 is 1.29 bits per heavy atom. The van der Waals surface area contributed by atoms with E-state index in [4.69, 9.17) is 5.73 Å². The van der Waals surface area contributed by atoms with Crippen LogP contribution in [0, 0.1) is 5.92 Å². The van der Waals surface area contributed by atoms with Gasteiger partial charge in [-0.15, -0.1) is 0 Å². The number of carboxylic acids is 1. The lowest BCUT2D eigenvalue weighted by Crippen LogP contribution is -2.68. The first-order valence-electron chi connectivity index (χ1n) is 9.04. The van der Waals surface area contributed by atoms with Gasteiger partial charge < -0.3 is 16.2 Å².